The van der Waals surface area contributed by atoms with Crippen LogP contribution in [0.1, 0.15) is 12.5 Å². The molecule has 0 saturated heterocycles. The van der Waals surface area contributed by atoms with E-state index in [0.29, 0.717) is 22.0 Å². The van der Waals surface area contributed by atoms with E-state index >= 15 is 0 Å². The molecule has 1 aliphatic rings. The van der Waals surface area contributed by atoms with Gasteiger partial charge in [-0.2, -0.15) is 28.8 Å². The van der Waals surface area contributed by atoms with Crippen molar-refractivity contribution >= 4 is 56.3 Å². The van der Waals surface area contributed by atoms with Crippen molar-refractivity contribution in [2.45, 2.75) is 17.9 Å². The Bertz CT molecular complexity index is 1500. The Balaban J connectivity index is 0.00000361. The number of amides is 1. The molecule has 1 unspecified atom stereocenters. The van der Waals surface area contributed by atoms with Crippen molar-refractivity contribution in [1.29, 1.82) is 0 Å². The molecule has 3 aromatic carbocycles. The van der Waals surface area contributed by atoms with E-state index in [1.165, 1.54) is 12.1 Å². The second-order valence-electron chi connectivity index (χ2n) is 7.37. The van der Waals surface area contributed by atoms with Crippen molar-refractivity contribution in [2.24, 2.45) is 20.3 Å². The molecule has 13 heteroatoms. The minimum absolute atomic E-state index is 0. The van der Waals surface area contributed by atoms with Gasteiger partial charge in [0, 0.05) is 0 Å². The molecule has 1 amide bonds. The third-order valence-electron chi connectivity index (χ3n) is 4.93. The molecule has 1 atom stereocenters. The molecule has 0 bridgehead atoms. The van der Waals surface area contributed by atoms with Crippen LogP contribution in [0.2, 0.25) is 5.02 Å². The standard InChI is InChI=1S/C23H18ClN5O5S.Na/c1-14-21(23(31)29(28-14)19-10-6-5-9-17(19)24)27-26-18-13-16(11-12-20(18)35(32,33)34)25-22(30)15-7-3-2-4-8-15;/h2-13,21H,1H3,(H,25,30)(H,32,33,34);/q;+1/p-1. The summed E-state index contributed by atoms with van der Waals surface area (Å²) >= 11 is 6.16. The smallest absolute Gasteiger partial charge is 0.858 e. The molecule has 0 saturated carbocycles. The van der Waals surface area contributed by atoms with E-state index in [0.717, 1.165) is 11.1 Å². The summed E-state index contributed by atoms with van der Waals surface area (Å²) in [4.78, 5) is 16.3. The van der Waals surface area contributed by atoms with Gasteiger partial charge in [0.1, 0.15) is 10.6 Å². The van der Waals surface area contributed by atoms with Gasteiger partial charge in [-0.25, -0.2) is 0 Å². The summed E-state index contributed by atoms with van der Waals surface area (Å²) in [5.74, 6) is -1.11. The van der Waals surface area contributed by atoms with Crippen molar-refractivity contribution in [1.82, 2.24) is 0 Å². The predicted octanol–water partition coefficient (Wildman–Crippen LogP) is 0.904. The summed E-state index contributed by atoms with van der Waals surface area (Å²) in [7, 11) is -4.69. The summed E-state index contributed by atoms with van der Waals surface area (Å²) in [6, 6.07) is 17.2. The average molecular weight is 534 g/mol. The van der Waals surface area contributed by atoms with E-state index in [1.807, 2.05) is 0 Å². The zero-order valence-corrected chi connectivity index (χ0v) is 22.7. The molecule has 1 heterocycles. The largest absolute Gasteiger partial charge is 1.00 e. The molecule has 0 aliphatic carbocycles. The number of hydrogen-bond donors (Lipinski definition) is 1. The van der Waals surface area contributed by atoms with Crippen LogP contribution in [0.5, 0.6) is 0 Å². The number of carbonyl (C=O) groups excluding carboxylic acids is 1. The molecule has 36 heavy (non-hydrogen) atoms. The Kier molecular flexibility index (Phi) is 8.77. The van der Waals surface area contributed by atoms with Crippen LogP contribution in [0.25, 0.3) is 0 Å². The van der Waals surface area contributed by atoms with Gasteiger partial charge < -0.3 is 5.11 Å². The second-order valence-corrected chi connectivity index (χ2v) is 9.17. The van der Waals surface area contributed by atoms with Gasteiger partial charge in [0.05, 0.1) is 22.1 Å². The number of hydrazone groups is 1. The molecule has 178 valence electrons. The summed E-state index contributed by atoms with van der Waals surface area (Å²) in [6.07, 6.45) is 0. The van der Waals surface area contributed by atoms with Gasteiger partial charge >= 0.3 is 29.6 Å². The number of para-hydroxylation sites is 1. The third kappa shape index (κ3) is 6.06. The van der Waals surface area contributed by atoms with Crippen LogP contribution in [-0.2, 0) is 14.9 Å². The number of azo groups is 1. The first-order valence-corrected chi connectivity index (χ1v) is 11.9. The number of aliphatic imine (C=N–C) groups is 1. The van der Waals surface area contributed by atoms with Crippen molar-refractivity contribution < 1.29 is 52.4 Å². The van der Waals surface area contributed by atoms with Gasteiger partial charge in [-0.3, -0.25) is 14.3 Å². The van der Waals surface area contributed by atoms with Crippen molar-refractivity contribution in [3.63, 3.8) is 0 Å². The van der Waals surface area contributed by atoms with Gasteiger partial charge in [0.15, 0.2) is 6.04 Å². The monoisotopic (exact) mass is 533 g/mol. The zero-order chi connectivity index (χ0) is 25.2. The number of halogens is 1. The summed E-state index contributed by atoms with van der Waals surface area (Å²) in [5.41, 5.74) is 0.771. The Hall–Kier alpha value is -2.93. The van der Waals surface area contributed by atoms with Gasteiger partial charge in [0.25, 0.3) is 16.0 Å². The molecule has 0 aromatic heterocycles. The predicted molar refractivity (Wildman–Crippen MR) is 129 cm³/mol. The molecule has 0 radical (unpaired) electrons. The van der Waals surface area contributed by atoms with Crippen LogP contribution >= 0.6 is 11.6 Å². The van der Waals surface area contributed by atoms with Gasteiger partial charge in [-0.15, -0.1) is 0 Å². The fourth-order valence-electron chi connectivity index (χ4n) is 3.24. The Labute approximate surface area is 234 Å². The fraction of sp³-hybridized carbons (Fsp3) is 0.0870. The molecule has 0 fully saturated rings. The van der Waals surface area contributed by atoms with Crippen molar-refractivity contribution in [3.05, 3.63) is 83.4 Å². The second kappa shape index (κ2) is 11.4. The summed E-state index contributed by atoms with van der Waals surface area (Å²) in [6.45, 7) is 1.56. The fourth-order valence-corrected chi connectivity index (χ4v) is 4.06. The van der Waals surface area contributed by atoms with E-state index in [4.69, 9.17) is 11.6 Å². The molecule has 1 aliphatic heterocycles. The first-order chi connectivity index (χ1) is 16.6. The van der Waals surface area contributed by atoms with E-state index in [1.54, 1.807) is 61.5 Å². The summed E-state index contributed by atoms with van der Waals surface area (Å²) in [5, 5.41) is 25.9. The number of nitrogens with zero attached hydrogens (tertiary/aromatic N) is 5. The maximum Gasteiger partial charge on any atom is 1.00 e. The van der Waals surface area contributed by atoms with Crippen LogP contribution < -0.4 is 39.7 Å². The maximum absolute atomic E-state index is 12.9. The van der Waals surface area contributed by atoms with Gasteiger partial charge in [0.2, 0.25) is 0 Å². The molecule has 0 spiro atoms. The topological polar surface area (TPSA) is 147 Å². The molecule has 1 N–H and O–H groups in total. The van der Waals surface area contributed by atoms with Crippen LogP contribution in [0.15, 0.2) is 98.0 Å². The van der Waals surface area contributed by atoms with E-state index in [9.17, 15) is 22.9 Å². The van der Waals surface area contributed by atoms with Crippen LogP contribution in [0, 0.1) is 0 Å². The van der Waals surface area contributed by atoms with Gasteiger partial charge in [-0.05, 0) is 48.7 Å². The first-order valence-electron chi connectivity index (χ1n) is 10.1. The number of benzene rings is 3. The normalized spacial score (nSPS) is 16.2. The molecular formula is C23H17ClN5NaO5S. The van der Waals surface area contributed by atoms with Gasteiger partial charge in [-0.1, -0.05) is 54.1 Å². The first kappa shape index (κ1) is 27.7. The minimum Gasteiger partial charge on any atom is -0.858 e. The zero-order valence-electron chi connectivity index (χ0n) is 19.1. The Morgan fingerprint density at radius 3 is 2.42 bits per heavy atom. The molecule has 10 nitrogen and oxygen atoms in total. The van der Waals surface area contributed by atoms with E-state index in [-0.39, 0.29) is 40.9 Å². The van der Waals surface area contributed by atoms with E-state index < -0.39 is 32.9 Å². The SMILES string of the molecule is CC1=NN(c2ccccc2Cl)C(=O)C1N=Nc1cc(N=C([O-])c2ccccc2)ccc1S(=O)(=O)O.[Na+]. The molecule has 4 rings (SSSR count). The number of carbonyl (C=O) groups is 1. The quantitative estimate of drug-likeness (QED) is 0.164. The number of rotatable bonds is 6. The number of anilines is 1. The van der Waals surface area contributed by atoms with Crippen LogP contribution in [0.3, 0.4) is 0 Å². The van der Waals surface area contributed by atoms with Crippen molar-refractivity contribution in [2.75, 3.05) is 5.01 Å². The third-order valence-corrected chi connectivity index (χ3v) is 6.15. The van der Waals surface area contributed by atoms with Crippen molar-refractivity contribution in [3.8, 4) is 0 Å². The minimum atomic E-state index is -4.69. The number of hydrogen-bond acceptors (Lipinski definition) is 8. The van der Waals surface area contributed by atoms with Crippen LogP contribution in [0.4, 0.5) is 17.1 Å². The maximum atomic E-state index is 12.9. The Morgan fingerprint density at radius 1 is 1.08 bits per heavy atom. The molecular weight excluding hydrogens is 517 g/mol. The Morgan fingerprint density at radius 2 is 1.75 bits per heavy atom. The average Bonchev–Trinajstić information content (AvgIpc) is 3.10. The van der Waals surface area contributed by atoms with Crippen LogP contribution in [-0.4, -0.2) is 36.5 Å². The van der Waals surface area contributed by atoms with E-state index in [2.05, 4.69) is 20.3 Å². The summed E-state index contributed by atoms with van der Waals surface area (Å²) < 4.78 is 33.3. The molecule has 3 aromatic rings.